The maximum atomic E-state index is 12.5. The summed E-state index contributed by atoms with van der Waals surface area (Å²) in [5.74, 6) is 0.0116. The van der Waals surface area contributed by atoms with Crippen LogP contribution in [0.25, 0.3) is 0 Å². The topological polar surface area (TPSA) is 32.3 Å². The van der Waals surface area contributed by atoms with Crippen LogP contribution >= 0.6 is 11.6 Å². The van der Waals surface area contributed by atoms with Gasteiger partial charge in [-0.25, -0.2) is 0 Å². The molecule has 2 aliphatic heterocycles. The standard InChI is InChI=1S/C19H27ClN2O/c1-2-3-10-22-17-8-5-9-18(22)13-16(12-17)21-19(23)14-6-4-7-15(20)11-14/h4,6-7,11,16-18H,2-3,5,8-10,12-13H2,1H3,(H,21,23)/t17-,18-/m0/s1. The number of nitrogens with zero attached hydrogens (tertiary/aromatic N) is 1. The highest BCUT2D eigenvalue weighted by atomic mass is 35.5. The molecule has 0 aromatic heterocycles. The second-order valence-electron chi connectivity index (χ2n) is 6.98. The largest absolute Gasteiger partial charge is 0.349 e. The zero-order valence-corrected chi connectivity index (χ0v) is 14.7. The summed E-state index contributed by atoms with van der Waals surface area (Å²) in [6, 6.07) is 8.81. The second kappa shape index (κ2) is 7.67. The number of hydrogen-bond acceptors (Lipinski definition) is 2. The zero-order valence-electron chi connectivity index (χ0n) is 13.9. The van der Waals surface area contributed by atoms with Crippen LogP contribution in [0, 0.1) is 0 Å². The SMILES string of the molecule is CCCCN1[C@H]2CCC[C@H]1CC(NC(=O)c1cccc(Cl)c1)C2. The molecule has 0 saturated carbocycles. The molecule has 0 radical (unpaired) electrons. The highest BCUT2D eigenvalue weighted by molar-refractivity contribution is 6.30. The summed E-state index contributed by atoms with van der Waals surface area (Å²) in [6.07, 6.45) is 8.62. The normalized spacial score (nSPS) is 27.7. The molecule has 2 atom stereocenters. The third-order valence-corrected chi connectivity index (χ3v) is 5.55. The van der Waals surface area contributed by atoms with Crippen molar-refractivity contribution in [3.8, 4) is 0 Å². The van der Waals surface area contributed by atoms with Gasteiger partial charge < -0.3 is 5.32 Å². The number of unbranched alkanes of at least 4 members (excludes halogenated alkanes) is 1. The van der Waals surface area contributed by atoms with Crippen molar-refractivity contribution in [3.05, 3.63) is 34.9 Å². The molecule has 1 N–H and O–H groups in total. The molecule has 0 aliphatic carbocycles. The van der Waals surface area contributed by atoms with Crippen LogP contribution in [-0.2, 0) is 0 Å². The molecule has 2 aliphatic rings. The van der Waals surface area contributed by atoms with Gasteiger partial charge >= 0.3 is 0 Å². The Labute approximate surface area is 144 Å². The van der Waals surface area contributed by atoms with Crippen molar-refractivity contribution in [2.75, 3.05) is 6.54 Å². The first-order valence-corrected chi connectivity index (χ1v) is 9.37. The van der Waals surface area contributed by atoms with Crippen LogP contribution in [0.4, 0.5) is 0 Å². The monoisotopic (exact) mass is 334 g/mol. The van der Waals surface area contributed by atoms with E-state index in [2.05, 4.69) is 17.1 Å². The van der Waals surface area contributed by atoms with E-state index in [1.807, 2.05) is 12.1 Å². The predicted octanol–water partition coefficient (Wildman–Crippen LogP) is 4.26. The molecule has 0 unspecified atom stereocenters. The van der Waals surface area contributed by atoms with Crippen molar-refractivity contribution in [2.24, 2.45) is 0 Å². The number of carbonyl (C=O) groups excluding carboxylic acids is 1. The van der Waals surface area contributed by atoms with Crippen LogP contribution in [0.2, 0.25) is 5.02 Å². The van der Waals surface area contributed by atoms with Crippen LogP contribution < -0.4 is 5.32 Å². The Kier molecular flexibility index (Phi) is 5.60. The summed E-state index contributed by atoms with van der Waals surface area (Å²) < 4.78 is 0. The van der Waals surface area contributed by atoms with E-state index in [1.54, 1.807) is 12.1 Å². The van der Waals surface area contributed by atoms with E-state index < -0.39 is 0 Å². The Bertz CT molecular complexity index is 534. The number of nitrogens with one attached hydrogen (secondary N) is 1. The molecule has 4 heteroatoms. The van der Waals surface area contributed by atoms with Gasteiger partial charge in [-0.15, -0.1) is 0 Å². The Hall–Kier alpha value is -1.06. The molecule has 0 spiro atoms. The maximum Gasteiger partial charge on any atom is 0.251 e. The molecule has 2 fully saturated rings. The second-order valence-corrected chi connectivity index (χ2v) is 7.42. The summed E-state index contributed by atoms with van der Waals surface area (Å²) in [7, 11) is 0. The number of carbonyl (C=O) groups is 1. The molecule has 2 bridgehead atoms. The van der Waals surface area contributed by atoms with Crippen molar-refractivity contribution in [3.63, 3.8) is 0 Å². The lowest BCUT2D eigenvalue weighted by Crippen LogP contribution is -2.57. The summed E-state index contributed by atoms with van der Waals surface area (Å²) in [4.78, 5) is 15.2. The van der Waals surface area contributed by atoms with Crippen LogP contribution in [-0.4, -0.2) is 35.5 Å². The lowest BCUT2D eigenvalue weighted by molar-refractivity contribution is 0.0234. The van der Waals surface area contributed by atoms with Crippen LogP contribution in [0.1, 0.15) is 62.2 Å². The van der Waals surface area contributed by atoms with Crippen molar-refractivity contribution in [1.29, 1.82) is 0 Å². The van der Waals surface area contributed by atoms with Crippen molar-refractivity contribution < 1.29 is 4.79 Å². The summed E-state index contributed by atoms with van der Waals surface area (Å²) in [5, 5.41) is 3.86. The van der Waals surface area contributed by atoms with Crippen LogP contribution in [0.15, 0.2) is 24.3 Å². The third kappa shape index (κ3) is 4.07. The molecular weight excluding hydrogens is 308 g/mol. The molecule has 3 rings (SSSR count). The lowest BCUT2D eigenvalue weighted by atomic mass is 9.81. The van der Waals surface area contributed by atoms with Gasteiger partial charge in [0.25, 0.3) is 5.91 Å². The van der Waals surface area contributed by atoms with Gasteiger partial charge in [-0.1, -0.05) is 37.4 Å². The Morgan fingerprint density at radius 2 is 2.04 bits per heavy atom. The third-order valence-electron chi connectivity index (χ3n) is 5.32. The number of piperidine rings is 2. The molecule has 1 aromatic rings. The first-order valence-electron chi connectivity index (χ1n) is 8.99. The molecule has 3 nitrogen and oxygen atoms in total. The smallest absolute Gasteiger partial charge is 0.251 e. The Morgan fingerprint density at radius 1 is 1.30 bits per heavy atom. The number of halogens is 1. The highest BCUT2D eigenvalue weighted by Gasteiger charge is 2.38. The molecule has 23 heavy (non-hydrogen) atoms. The van der Waals surface area contributed by atoms with E-state index in [9.17, 15) is 4.79 Å². The quantitative estimate of drug-likeness (QED) is 0.872. The van der Waals surface area contributed by atoms with Gasteiger partial charge in [-0.05, 0) is 56.8 Å². The molecule has 1 aromatic carbocycles. The molecular formula is C19H27ClN2O. The fraction of sp³-hybridized carbons (Fsp3) is 0.632. The highest BCUT2D eigenvalue weighted by Crippen LogP contribution is 2.34. The van der Waals surface area contributed by atoms with Crippen molar-refractivity contribution in [1.82, 2.24) is 10.2 Å². The number of benzene rings is 1. The van der Waals surface area contributed by atoms with E-state index in [-0.39, 0.29) is 5.91 Å². The molecule has 2 saturated heterocycles. The zero-order chi connectivity index (χ0) is 16.2. The minimum absolute atomic E-state index is 0.0116. The van der Waals surface area contributed by atoms with E-state index in [1.165, 1.54) is 38.6 Å². The lowest BCUT2D eigenvalue weighted by Gasteiger charge is -2.49. The molecule has 2 heterocycles. The average Bonchev–Trinajstić information content (AvgIpc) is 2.52. The van der Waals surface area contributed by atoms with Gasteiger partial charge in [-0.3, -0.25) is 9.69 Å². The maximum absolute atomic E-state index is 12.5. The summed E-state index contributed by atoms with van der Waals surface area (Å²) >= 11 is 5.99. The minimum atomic E-state index is 0.0116. The van der Waals surface area contributed by atoms with Gasteiger partial charge in [0.15, 0.2) is 0 Å². The van der Waals surface area contributed by atoms with Gasteiger partial charge in [0, 0.05) is 28.7 Å². The first-order chi connectivity index (χ1) is 11.2. The molecule has 1 amide bonds. The summed E-state index contributed by atoms with van der Waals surface area (Å²) in [6.45, 7) is 3.48. The van der Waals surface area contributed by atoms with Crippen molar-refractivity contribution in [2.45, 2.75) is 70.0 Å². The fourth-order valence-corrected chi connectivity index (χ4v) is 4.39. The number of amides is 1. The van der Waals surface area contributed by atoms with Gasteiger partial charge in [0.1, 0.15) is 0 Å². The van der Waals surface area contributed by atoms with Gasteiger partial charge in [0.05, 0.1) is 0 Å². The van der Waals surface area contributed by atoms with Crippen molar-refractivity contribution >= 4 is 17.5 Å². The predicted molar refractivity (Wildman–Crippen MR) is 95.0 cm³/mol. The number of fused-ring (bicyclic) bond motifs is 2. The first kappa shape index (κ1) is 16.8. The molecule has 126 valence electrons. The summed E-state index contributed by atoms with van der Waals surface area (Å²) in [5.41, 5.74) is 0.663. The van der Waals surface area contributed by atoms with E-state index in [0.717, 1.165) is 12.8 Å². The van der Waals surface area contributed by atoms with E-state index in [0.29, 0.717) is 28.7 Å². The number of hydrogen-bond donors (Lipinski definition) is 1. The van der Waals surface area contributed by atoms with Crippen LogP contribution in [0.3, 0.4) is 0 Å². The van der Waals surface area contributed by atoms with Gasteiger partial charge in [-0.2, -0.15) is 0 Å². The average molecular weight is 335 g/mol. The Morgan fingerprint density at radius 3 is 2.70 bits per heavy atom. The van der Waals surface area contributed by atoms with E-state index in [4.69, 9.17) is 11.6 Å². The number of rotatable bonds is 5. The van der Waals surface area contributed by atoms with Crippen LogP contribution in [0.5, 0.6) is 0 Å². The minimum Gasteiger partial charge on any atom is -0.349 e. The Balaban J connectivity index is 1.61. The van der Waals surface area contributed by atoms with E-state index >= 15 is 0 Å². The fourth-order valence-electron chi connectivity index (χ4n) is 4.20. The van der Waals surface area contributed by atoms with Gasteiger partial charge in [0.2, 0.25) is 0 Å².